The first-order valence-electron chi connectivity index (χ1n) is 7.44. The number of nitrogens with zero attached hydrogens (tertiary/aromatic N) is 6. The first kappa shape index (κ1) is 16.2. The van der Waals surface area contributed by atoms with Gasteiger partial charge < -0.3 is 5.73 Å². The number of benzene rings is 1. The van der Waals surface area contributed by atoms with Gasteiger partial charge in [0.15, 0.2) is 12.4 Å². The third-order valence-corrected chi connectivity index (χ3v) is 3.57. The van der Waals surface area contributed by atoms with Gasteiger partial charge in [-0.1, -0.05) is 0 Å². The molecular weight excluding hydrogens is 322 g/mol. The molecule has 0 unspecified atom stereocenters. The molecule has 0 aliphatic heterocycles. The zero-order valence-corrected chi connectivity index (χ0v) is 13.5. The molecule has 0 bridgehead atoms. The van der Waals surface area contributed by atoms with Gasteiger partial charge in [0.2, 0.25) is 0 Å². The van der Waals surface area contributed by atoms with E-state index < -0.39 is 4.92 Å². The summed E-state index contributed by atoms with van der Waals surface area (Å²) in [6.07, 6.45) is 5.43. The van der Waals surface area contributed by atoms with Gasteiger partial charge in [-0.15, -0.1) is 5.11 Å². The molecule has 126 valence electrons. The monoisotopic (exact) mass is 338 g/mol. The lowest BCUT2D eigenvalue weighted by Gasteiger charge is -2.03. The second kappa shape index (κ2) is 6.87. The Morgan fingerprint density at radius 1 is 1.20 bits per heavy atom. The molecule has 3 aromatic rings. The zero-order chi connectivity index (χ0) is 17.8. The molecule has 9 heteroatoms. The lowest BCUT2D eigenvalue weighted by molar-refractivity contribution is -0.671. The quantitative estimate of drug-likeness (QED) is 0.333. The molecule has 1 aromatic carbocycles. The molecule has 2 N–H and O–H groups in total. The van der Waals surface area contributed by atoms with Crippen LogP contribution in [-0.2, 0) is 13.6 Å². The van der Waals surface area contributed by atoms with E-state index >= 15 is 0 Å². The van der Waals surface area contributed by atoms with Gasteiger partial charge in [0.1, 0.15) is 18.6 Å². The van der Waals surface area contributed by atoms with Crippen molar-refractivity contribution in [1.82, 2.24) is 9.78 Å². The Morgan fingerprint density at radius 3 is 2.52 bits per heavy atom. The minimum absolute atomic E-state index is 0.00236. The fourth-order valence-electron chi connectivity index (χ4n) is 2.15. The third-order valence-electron chi connectivity index (χ3n) is 3.57. The predicted molar refractivity (Wildman–Crippen MR) is 90.6 cm³/mol. The van der Waals surface area contributed by atoms with Gasteiger partial charge in [-0.2, -0.15) is 10.2 Å². The Bertz CT molecular complexity index is 915. The molecule has 25 heavy (non-hydrogen) atoms. The van der Waals surface area contributed by atoms with Gasteiger partial charge in [0, 0.05) is 24.3 Å². The van der Waals surface area contributed by atoms with Crippen molar-refractivity contribution in [2.24, 2.45) is 17.3 Å². The predicted octanol–water partition coefficient (Wildman–Crippen LogP) is 2.66. The van der Waals surface area contributed by atoms with Crippen molar-refractivity contribution in [3.05, 3.63) is 70.7 Å². The fraction of sp³-hybridized carbons (Fsp3) is 0.125. The summed E-state index contributed by atoms with van der Waals surface area (Å²) >= 11 is 0. The molecule has 0 aliphatic carbocycles. The average molecular weight is 338 g/mol. The summed E-state index contributed by atoms with van der Waals surface area (Å²) in [5, 5.41) is 23.0. The standard InChI is InChI=1S/C16H16N7O2/c1-21-8-6-12(7-9-21)11-22-16(17)15(10-18-22)20-19-13-2-4-14(5-3-13)23(24)25/h2-10H,11,17H2,1H3/q+1. The van der Waals surface area contributed by atoms with E-state index in [9.17, 15) is 10.1 Å². The second-order valence-electron chi connectivity index (χ2n) is 5.42. The largest absolute Gasteiger partial charge is 0.382 e. The lowest BCUT2D eigenvalue weighted by Crippen LogP contribution is -2.26. The van der Waals surface area contributed by atoms with Crippen molar-refractivity contribution in [2.45, 2.75) is 6.54 Å². The number of rotatable bonds is 5. The topological polar surface area (TPSA) is 116 Å². The van der Waals surface area contributed by atoms with Crippen LogP contribution in [0.2, 0.25) is 0 Å². The van der Waals surface area contributed by atoms with Crippen LogP contribution < -0.4 is 10.3 Å². The summed E-state index contributed by atoms with van der Waals surface area (Å²) in [7, 11) is 1.95. The fourth-order valence-corrected chi connectivity index (χ4v) is 2.15. The highest BCUT2D eigenvalue weighted by molar-refractivity contribution is 5.56. The summed E-state index contributed by atoms with van der Waals surface area (Å²) in [6.45, 7) is 0.528. The highest BCUT2D eigenvalue weighted by atomic mass is 16.6. The van der Waals surface area contributed by atoms with Crippen molar-refractivity contribution < 1.29 is 9.49 Å². The first-order chi connectivity index (χ1) is 12.0. The molecule has 0 amide bonds. The van der Waals surface area contributed by atoms with Crippen molar-refractivity contribution in [3.8, 4) is 0 Å². The number of anilines is 1. The number of nitro benzene ring substituents is 1. The number of hydrogen-bond donors (Lipinski definition) is 1. The summed E-state index contributed by atoms with van der Waals surface area (Å²) in [5.74, 6) is 0.402. The van der Waals surface area contributed by atoms with E-state index in [4.69, 9.17) is 5.73 Å². The highest BCUT2D eigenvalue weighted by Crippen LogP contribution is 2.25. The van der Waals surface area contributed by atoms with Crippen molar-refractivity contribution >= 4 is 22.9 Å². The number of aromatic nitrogens is 3. The smallest absolute Gasteiger partial charge is 0.269 e. The maximum Gasteiger partial charge on any atom is 0.269 e. The number of non-ortho nitro benzene ring substituents is 1. The maximum atomic E-state index is 10.6. The Morgan fingerprint density at radius 2 is 1.88 bits per heavy atom. The molecule has 0 radical (unpaired) electrons. The lowest BCUT2D eigenvalue weighted by atomic mass is 10.3. The van der Waals surface area contributed by atoms with E-state index in [1.807, 2.05) is 36.1 Å². The number of azo groups is 1. The Hall–Kier alpha value is -3.62. The van der Waals surface area contributed by atoms with E-state index in [0.29, 0.717) is 23.7 Å². The molecule has 2 heterocycles. The molecule has 0 spiro atoms. The third kappa shape index (κ3) is 3.83. The van der Waals surface area contributed by atoms with Crippen molar-refractivity contribution in [3.63, 3.8) is 0 Å². The minimum Gasteiger partial charge on any atom is -0.382 e. The molecule has 3 rings (SSSR count). The summed E-state index contributed by atoms with van der Waals surface area (Å²) < 4.78 is 3.58. The van der Waals surface area contributed by atoms with Gasteiger partial charge in [0.05, 0.1) is 23.4 Å². The van der Waals surface area contributed by atoms with Crippen LogP contribution in [0.15, 0.2) is 65.2 Å². The first-order valence-corrected chi connectivity index (χ1v) is 7.44. The minimum atomic E-state index is -0.466. The van der Waals surface area contributed by atoms with Gasteiger partial charge >= 0.3 is 0 Å². The maximum absolute atomic E-state index is 10.6. The molecule has 9 nitrogen and oxygen atoms in total. The van der Waals surface area contributed by atoms with E-state index in [1.165, 1.54) is 30.5 Å². The number of aryl methyl sites for hydroxylation is 1. The second-order valence-corrected chi connectivity index (χ2v) is 5.42. The van der Waals surface area contributed by atoms with E-state index in [-0.39, 0.29) is 5.69 Å². The van der Waals surface area contributed by atoms with Crippen LogP contribution in [0.5, 0.6) is 0 Å². The van der Waals surface area contributed by atoms with Crippen molar-refractivity contribution in [2.75, 3.05) is 5.73 Å². The number of nitrogens with two attached hydrogens (primary N) is 1. The molecule has 0 saturated heterocycles. The molecule has 0 atom stereocenters. The zero-order valence-electron chi connectivity index (χ0n) is 13.5. The van der Waals surface area contributed by atoms with Gasteiger partial charge in [0.25, 0.3) is 5.69 Å². The van der Waals surface area contributed by atoms with Crippen molar-refractivity contribution in [1.29, 1.82) is 0 Å². The highest BCUT2D eigenvalue weighted by Gasteiger charge is 2.08. The van der Waals surface area contributed by atoms with Crippen LogP contribution in [0.1, 0.15) is 5.56 Å². The average Bonchev–Trinajstić information content (AvgIpc) is 2.95. The van der Waals surface area contributed by atoms with E-state index in [1.54, 1.807) is 4.68 Å². The van der Waals surface area contributed by atoms with Gasteiger partial charge in [-0.3, -0.25) is 10.1 Å². The SMILES string of the molecule is C[n+]1ccc(Cn2ncc(N=Nc3ccc([N+](=O)[O-])cc3)c2N)cc1. The Balaban J connectivity index is 1.74. The number of nitrogen functional groups attached to an aromatic ring is 1. The van der Waals surface area contributed by atoms with Crippen LogP contribution in [0, 0.1) is 10.1 Å². The van der Waals surface area contributed by atoms with Crippen LogP contribution in [-0.4, -0.2) is 14.7 Å². The molecule has 0 saturated carbocycles. The van der Waals surface area contributed by atoms with Gasteiger partial charge in [-0.05, 0) is 17.7 Å². The van der Waals surface area contributed by atoms with Gasteiger partial charge in [-0.25, -0.2) is 9.25 Å². The summed E-state index contributed by atoms with van der Waals surface area (Å²) in [6, 6.07) is 9.75. The van der Waals surface area contributed by atoms with E-state index in [2.05, 4.69) is 15.3 Å². The summed E-state index contributed by atoms with van der Waals surface area (Å²) in [4.78, 5) is 10.2. The summed E-state index contributed by atoms with van der Waals surface area (Å²) in [5.41, 5.74) is 8.06. The van der Waals surface area contributed by atoms with Crippen LogP contribution in [0.4, 0.5) is 22.9 Å². The number of pyridine rings is 1. The Kier molecular flexibility index (Phi) is 4.46. The molecular formula is C16H16N7O2+. The molecule has 2 aromatic heterocycles. The van der Waals surface area contributed by atoms with E-state index in [0.717, 1.165) is 5.56 Å². The normalized spacial score (nSPS) is 11.1. The Labute approximate surface area is 143 Å². The van der Waals surface area contributed by atoms with Crippen LogP contribution >= 0.6 is 0 Å². The molecule has 0 fully saturated rings. The van der Waals surface area contributed by atoms with Crippen LogP contribution in [0.3, 0.4) is 0 Å². The number of nitro groups is 1. The molecule has 0 aliphatic rings. The van der Waals surface area contributed by atoms with Crippen LogP contribution in [0.25, 0.3) is 0 Å². The number of hydrogen-bond acceptors (Lipinski definition) is 6.